The molecule has 164 valence electrons. The van der Waals surface area contributed by atoms with E-state index in [0.29, 0.717) is 35.3 Å². The van der Waals surface area contributed by atoms with Gasteiger partial charge in [0.1, 0.15) is 23.3 Å². The number of likely N-dealkylation sites (N-methyl/N-ethyl adjacent to an activating group) is 1. The summed E-state index contributed by atoms with van der Waals surface area (Å²) in [7, 11) is 3.13. The van der Waals surface area contributed by atoms with Crippen LogP contribution in [0.4, 0.5) is 10.5 Å². The molecule has 2 heterocycles. The van der Waals surface area contributed by atoms with Crippen molar-refractivity contribution in [2.75, 3.05) is 19.5 Å². The molecular weight excluding hydrogens is 414 g/mol. The largest absolute Gasteiger partial charge is 0.494 e. The maximum Gasteiger partial charge on any atom is 0.327 e. The van der Waals surface area contributed by atoms with Gasteiger partial charge in [0.15, 0.2) is 0 Å². The number of para-hydroxylation sites is 1. The van der Waals surface area contributed by atoms with Gasteiger partial charge in [-0.25, -0.2) is 9.59 Å². The molecule has 1 fully saturated rings. The van der Waals surface area contributed by atoms with Crippen molar-refractivity contribution in [2.45, 2.75) is 24.9 Å². The van der Waals surface area contributed by atoms with Gasteiger partial charge < -0.3 is 19.9 Å². The molecule has 0 saturated carbocycles. The maximum atomic E-state index is 12.7. The Kier molecular flexibility index (Phi) is 4.33. The predicted octanol–water partition coefficient (Wildman–Crippen LogP) is 0.996. The second-order valence-corrected chi connectivity index (χ2v) is 8.11. The first-order valence-electron chi connectivity index (χ1n) is 10.1. The third kappa shape index (κ3) is 2.87. The van der Waals surface area contributed by atoms with Crippen molar-refractivity contribution in [1.82, 2.24) is 19.8 Å². The number of ether oxygens (including phenoxy) is 1. The number of aromatic amines is 1. The number of imidazole rings is 1. The van der Waals surface area contributed by atoms with Crippen molar-refractivity contribution in [3.63, 3.8) is 0 Å². The quantitative estimate of drug-likeness (QED) is 0.527. The summed E-state index contributed by atoms with van der Waals surface area (Å²) in [5.74, 6) is -0.152. The monoisotopic (exact) mass is 435 g/mol. The molecule has 32 heavy (non-hydrogen) atoms. The van der Waals surface area contributed by atoms with Gasteiger partial charge in [-0.05, 0) is 35.4 Å². The molecular formula is C22H21N5O5. The van der Waals surface area contributed by atoms with Gasteiger partial charge in [0.2, 0.25) is 5.91 Å². The number of nitrogens with one attached hydrogen (secondary N) is 3. The number of rotatable bonds is 4. The number of hydrogen-bond acceptors (Lipinski definition) is 5. The highest BCUT2D eigenvalue weighted by molar-refractivity contribution is 6.07. The summed E-state index contributed by atoms with van der Waals surface area (Å²) in [5.41, 5.74) is 2.19. The lowest BCUT2D eigenvalue weighted by atomic mass is 9.95. The fraction of sp³-hybridized carbons (Fsp3) is 0.273. The number of carbonyl (C=O) groups is 3. The molecule has 0 radical (unpaired) electrons. The van der Waals surface area contributed by atoms with E-state index in [4.69, 9.17) is 4.74 Å². The second kappa shape index (κ2) is 6.98. The minimum absolute atomic E-state index is 0.174. The van der Waals surface area contributed by atoms with Crippen LogP contribution in [0.5, 0.6) is 5.75 Å². The van der Waals surface area contributed by atoms with Crippen LogP contribution in [0, 0.1) is 0 Å². The van der Waals surface area contributed by atoms with Crippen LogP contribution >= 0.6 is 0 Å². The average molecular weight is 435 g/mol. The number of urea groups is 1. The van der Waals surface area contributed by atoms with Gasteiger partial charge in [-0.1, -0.05) is 12.1 Å². The van der Waals surface area contributed by atoms with Crippen molar-refractivity contribution in [2.24, 2.45) is 0 Å². The van der Waals surface area contributed by atoms with Gasteiger partial charge >= 0.3 is 11.7 Å². The number of nitrogens with zero attached hydrogens (tertiary/aromatic N) is 2. The average Bonchev–Trinajstić information content (AvgIpc) is 3.37. The van der Waals surface area contributed by atoms with Crippen LogP contribution in [0.15, 0.2) is 41.2 Å². The Morgan fingerprint density at radius 1 is 1.16 bits per heavy atom. The third-order valence-corrected chi connectivity index (χ3v) is 6.34. The zero-order valence-corrected chi connectivity index (χ0v) is 17.5. The van der Waals surface area contributed by atoms with Crippen molar-refractivity contribution in [1.29, 1.82) is 0 Å². The number of benzene rings is 2. The number of carbonyl (C=O) groups excluding carboxylic acids is 3. The normalized spacial score (nSPS) is 19.5. The minimum Gasteiger partial charge on any atom is -0.494 e. The van der Waals surface area contributed by atoms with Crippen LogP contribution in [0.1, 0.15) is 11.1 Å². The highest BCUT2D eigenvalue weighted by atomic mass is 16.5. The summed E-state index contributed by atoms with van der Waals surface area (Å²) in [6.07, 6.45) is 0.805. The topological polar surface area (TPSA) is 126 Å². The van der Waals surface area contributed by atoms with E-state index in [-0.39, 0.29) is 18.4 Å². The summed E-state index contributed by atoms with van der Waals surface area (Å²) in [5, 5.41) is 5.18. The molecule has 3 N–H and O–H groups in total. The molecule has 3 aromatic rings. The number of methoxy groups -OCH3 is 1. The highest BCUT2D eigenvalue weighted by Crippen LogP contribution is 2.38. The standard InChI is InChI=1S/C22H21N5O5/c1-26-20(30)25-19(29)22(26)9-12-6-7-14(8-13(12)10-22)23-17(28)11-27-15-4-3-5-16(32-2)18(15)24-21(27)31/h3-8H,9-11H2,1-2H3,(H,23,28)(H,24,31)(H,25,29,30)/t22-/m1/s1. The molecule has 2 aromatic carbocycles. The molecule has 1 spiro atoms. The SMILES string of the molecule is COc1cccc2c1[nH]c(=O)n2CC(=O)Nc1ccc2c(c1)C[C@]1(C2)C(=O)NC(=O)N1C. The van der Waals surface area contributed by atoms with Gasteiger partial charge in [-0.2, -0.15) is 0 Å². The van der Waals surface area contributed by atoms with Crippen LogP contribution in [0.2, 0.25) is 0 Å². The number of imide groups is 1. The number of fused-ring (bicyclic) bond motifs is 2. The molecule has 10 heteroatoms. The smallest absolute Gasteiger partial charge is 0.327 e. The molecule has 4 amide bonds. The molecule has 5 rings (SSSR count). The Labute approximate surface area is 182 Å². The van der Waals surface area contributed by atoms with Crippen LogP contribution in [-0.2, 0) is 29.0 Å². The van der Waals surface area contributed by atoms with Crippen molar-refractivity contribution >= 4 is 34.6 Å². The van der Waals surface area contributed by atoms with E-state index in [1.54, 1.807) is 31.3 Å². The van der Waals surface area contributed by atoms with Gasteiger partial charge in [0, 0.05) is 25.6 Å². The molecule has 1 saturated heterocycles. The fourth-order valence-corrected chi connectivity index (χ4v) is 4.60. The molecule has 1 atom stereocenters. The molecule has 0 bridgehead atoms. The first-order chi connectivity index (χ1) is 15.3. The first-order valence-corrected chi connectivity index (χ1v) is 10.1. The second-order valence-electron chi connectivity index (χ2n) is 8.11. The van der Waals surface area contributed by atoms with Crippen molar-refractivity contribution in [3.8, 4) is 5.75 Å². The molecule has 1 aromatic heterocycles. The number of anilines is 1. The van der Waals surface area contributed by atoms with Crippen molar-refractivity contribution < 1.29 is 19.1 Å². The van der Waals surface area contributed by atoms with Crippen LogP contribution in [-0.4, -0.2) is 52.0 Å². The summed E-state index contributed by atoms with van der Waals surface area (Å²) in [6, 6.07) is 10.2. The number of amides is 4. The Hall–Kier alpha value is -4.08. The van der Waals surface area contributed by atoms with E-state index in [9.17, 15) is 19.2 Å². The van der Waals surface area contributed by atoms with Gasteiger partial charge in [0.05, 0.1) is 12.6 Å². The lowest BCUT2D eigenvalue weighted by Gasteiger charge is -2.27. The van der Waals surface area contributed by atoms with Crippen LogP contribution in [0.25, 0.3) is 11.0 Å². The number of hydrogen-bond donors (Lipinski definition) is 3. The lowest BCUT2D eigenvalue weighted by molar-refractivity contribution is -0.125. The molecule has 0 unspecified atom stereocenters. The maximum absolute atomic E-state index is 12.7. The van der Waals surface area contributed by atoms with E-state index in [1.165, 1.54) is 16.6 Å². The van der Waals surface area contributed by atoms with E-state index >= 15 is 0 Å². The van der Waals surface area contributed by atoms with Crippen LogP contribution < -0.4 is 21.1 Å². The highest BCUT2D eigenvalue weighted by Gasteiger charge is 2.54. The summed E-state index contributed by atoms with van der Waals surface area (Å²) >= 11 is 0. The molecule has 2 aliphatic rings. The lowest BCUT2D eigenvalue weighted by Crippen LogP contribution is -2.48. The van der Waals surface area contributed by atoms with Gasteiger partial charge in [-0.15, -0.1) is 0 Å². The Bertz CT molecular complexity index is 1360. The van der Waals surface area contributed by atoms with Crippen LogP contribution in [0.3, 0.4) is 0 Å². The third-order valence-electron chi connectivity index (χ3n) is 6.34. The Morgan fingerprint density at radius 2 is 1.94 bits per heavy atom. The van der Waals surface area contributed by atoms with Gasteiger partial charge in [-0.3, -0.25) is 19.5 Å². The molecule has 10 nitrogen and oxygen atoms in total. The fourth-order valence-electron chi connectivity index (χ4n) is 4.60. The summed E-state index contributed by atoms with van der Waals surface area (Å²) < 4.78 is 6.61. The first kappa shape index (κ1) is 19.9. The summed E-state index contributed by atoms with van der Waals surface area (Å²) in [6.45, 7) is -0.174. The predicted molar refractivity (Wildman–Crippen MR) is 116 cm³/mol. The Balaban J connectivity index is 1.36. The zero-order chi connectivity index (χ0) is 22.6. The van der Waals surface area contributed by atoms with Crippen molar-refractivity contribution in [3.05, 3.63) is 58.0 Å². The number of H-pyrrole nitrogens is 1. The van der Waals surface area contributed by atoms with E-state index in [0.717, 1.165) is 11.1 Å². The van der Waals surface area contributed by atoms with E-state index in [1.807, 2.05) is 12.1 Å². The van der Waals surface area contributed by atoms with E-state index < -0.39 is 17.3 Å². The molecule has 1 aliphatic heterocycles. The van der Waals surface area contributed by atoms with Gasteiger partial charge in [0.25, 0.3) is 5.91 Å². The summed E-state index contributed by atoms with van der Waals surface area (Å²) in [4.78, 5) is 53.6. The minimum atomic E-state index is -0.918. The molecule has 1 aliphatic carbocycles. The zero-order valence-electron chi connectivity index (χ0n) is 17.5. The number of aromatic nitrogens is 2. The Morgan fingerprint density at radius 3 is 2.66 bits per heavy atom. The van der Waals surface area contributed by atoms with E-state index in [2.05, 4.69) is 15.6 Å².